The van der Waals surface area contributed by atoms with Gasteiger partial charge >= 0.3 is 0 Å². The van der Waals surface area contributed by atoms with Gasteiger partial charge in [0.05, 0.1) is 29.5 Å². The van der Waals surface area contributed by atoms with Gasteiger partial charge in [0.1, 0.15) is 0 Å². The summed E-state index contributed by atoms with van der Waals surface area (Å²) < 4.78 is 1.76. The van der Waals surface area contributed by atoms with Crippen molar-refractivity contribution in [3.8, 4) is 0 Å². The van der Waals surface area contributed by atoms with E-state index in [-0.39, 0.29) is 11.9 Å². The van der Waals surface area contributed by atoms with E-state index in [9.17, 15) is 4.79 Å². The predicted molar refractivity (Wildman–Crippen MR) is 84.2 cm³/mol. The van der Waals surface area contributed by atoms with Gasteiger partial charge in [-0.1, -0.05) is 48.9 Å². The smallest absolute Gasteiger partial charge is 0.222 e. The lowest BCUT2D eigenvalue weighted by Crippen LogP contribution is -2.29. The van der Waals surface area contributed by atoms with Crippen molar-refractivity contribution in [2.45, 2.75) is 39.3 Å². The molecule has 0 saturated carbocycles. The van der Waals surface area contributed by atoms with Crippen molar-refractivity contribution in [2.75, 3.05) is 0 Å². The molecule has 0 bridgehead atoms. The van der Waals surface area contributed by atoms with E-state index < -0.39 is 0 Å². The van der Waals surface area contributed by atoms with Gasteiger partial charge < -0.3 is 5.32 Å². The van der Waals surface area contributed by atoms with Crippen LogP contribution >= 0.6 is 11.6 Å². The van der Waals surface area contributed by atoms with Crippen LogP contribution in [0.1, 0.15) is 37.1 Å². The maximum absolute atomic E-state index is 12.1. The van der Waals surface area contributed by atoms with Crippen LogP contribution in [0, 0.1) is 6.92 Å². The summed E-state index contributed by atoms with van der Waals surface area (Å²) in [6.45, 7) is 4.50. The topological polar surface area (TPSA) is 46.9 Å². The highest BCUT2D eigenvalue weighted by Gasteiger charge is 2.13. The molecule has 1 heterocycles. The van der Waals surface area contributed by atoms with Gasteiger partial charge in [-0.15, -0.1) is 0 Å². The first-order chi connectivity index (χ1) is 10.1. The minimum atomic E-state index is 0.0247. The zero-order valence-electron chi connectivity index (χ0n) is 12.3. The van der Waals surface area contributed by atoms with Crippen LogP contribution < -0.4 is 5.32 Å². The van der Waals surface area contributed by atoms with E-state index in [1.54, 1.807) is 10.9 Å². The van der Waals surface area contributed by atoms with Crippen LogP contribution in [0.25, 0.3) is 0 Å². The number of carbonyl (C=O) groups is 1. The Kier molecular flexibility index (Phi) is 5.39. The number of aryl methyl sites for hydroxylation is 1. The van der Waals surface area contributed by atoms with Gasteiger partial charge in [0.2, 0.25) is 5.91 Å². The quantitative estimate of drug-likeness (QED) is 0.888. The highest BCUT2D eigenvalue weighted by atomic mass is 35.5. The molecule has 1 amide bonds. The molecule has 0 radical (unpaired) electrons. The Bertz CT molecular complexity index is 595. The van der Waals surface area contributed by atoms with Gasteiger partial charge in [-0.3, -0.25) is 9.48 Å². The number of benzene rings is 1. The van der Waals surface area contributed by atoms with Crippen molar-refractivity contribution in [1.82, 2.24) is 15.1 Å². The SMILES string of the molecule is CCC(NC(=O)CCn1ncc(Cl)c1C)c1ccccc1. The van der Waals surface area contributed by atoms with Crippen molar-refractivity contribution >= 4 is 17.5 Å². The Morgan fingerprint density at radius 3 is 2.67 bits per heavy atom. The number of rotatable bonds is 6. The van der Waals surface area contributed by atoms with E-state index in [1.165, 1.54) is 0 Å². The number of hydrogen-bond acceptors (Lipinski definition) is 2. The fourth-order valence-corrected chi connectivity index (χ4v) is 2.37. The molecule has 1 aromatic carbocycles. The number of aromatic nitrogens is 2. The molecule has 1 atom stereocenters. The van der Waals surface area contributed by atoms with Gasteiger partial charge in [-0.2, -0.15) is 5.10 Å². The summed E-state index contributed by atoms with van der Waals surface area (Å²) in [6.07, 6.45) is 2.86. The summed E-state index contributed by atoms with van der Waals surface area (Å²) in [4.78, 5) is 12.1. The highest BCUT2D eigenvalue weighted by molar-refractivity contribution is 6.31. The minimum absolute atomic E-state index is 0.0247. The molecule has 1 N–H and O–H groups in total. The Hall–Kier alpha value is -1.81. The van der Waals surface area contributed by atoms with Crippen molar-refractivity contribution < 1.29 is 4.79 Å². The summed E-state index contributed by atoms with van der Waals surface area (Å²) in [5.74, 6) is 0.0247. The number of carbonyl (C=O) groups excluding carboxylic acids is 1. The molecule has 0 aliphatic carbocycles. The fourth-order valence-electron chi connectivity index (χ4n) is 2.23. The van der Waals surface area contributed by atoms with Gasteiger partial charge in [-0.25, -0.2) is 0 Å². The zero-order valence-corrected chi connectivity index (χ0v) is 13.1. The lowest BCUT2D eigenvalue weighted by atomic mass is 10.0. The number of hydrogen-bond donors (Lipinski definition) is 1. The molecule has 4 nitrogen and oxygen atoms in total. The van der Waals surface area contributed by atoms with Crippen molar-refractivity contribution in [3.05, 3.63) is 52.8 Å². The Morgan fingerprint density at radius 1 is 1.38 bits per heavy atom. The summed E-state index contributed by atoms with van der Waals surface area (Å²) in [5, 5.41) is 7.85. The third-order valence-corrected chi connectivity index (χ3v) is 3.91. The Morgan fingerprint density at radius 2 is 2.10 bits per heavy atom. The van der Waals surface area contributed by atoms with Crippen molar-refractivity contribution in [2.24, 2.45) is 0 Å². The van der Waals surface area contributed by atoms with Crippen molar-refractivity contribution in [3.63, 3.8) is 0 Å². The second-order valence-electron chi connectivity index (χ2n) is 4.99. The van der Waals surface area contributed by atoms with E-state index in [1.807, 2.05) is 37.3 Å². The largest absolute Gasteiger partial charge is 0.349 e. The van der Waals surface area contributed by atoms with Crippen LogP contribution in [0.5, 0.6) is 0 Å². The molecule has 1 aromatic heterocycles. The standard InChI is InChI=1S/C16H20ClN3O/c1-3-15(13-7-5-4-6-8-13)19-16(21)9-10-20-12(2)14(17)11-18-20/h4-8,11,15H,3,9-10H2,1-2H3,(H,19,21). The number of halogens is 1. The summed E-state index contributed by atoms with van der Waals surface area (Å²) in [7, 11) is 0. The second-order valence-corrected chi connectivity index (χ2v) is 5.40. The molecule has 112 valence electrons. The molecular weight excluding hydrogens is 286 g/mol. The minimum Gasteiger partial charge on any atom is -0.349 e. The maximum atomic E-state index is 12.1. The normalized spacial score (nSPS) is 12.1. The fraction of sp³-hybridized carbons (Fsp3) is 0.375. The average Bonchev–Trinajstić information content (AvgIpc) is 2.83. The molecule has 0 aliphatic rings. The van der Waals surface area contributed by atoms with Crippen molar-refractivity contribution in [1.29, 1.82) is 0 Å². The van der Waals surface area contributed by atoms with E-state index in [4.69, 9.17) is 11.6 Å². The van der Waals surface area contributed by atoms with Gasteiger partial charge in [0.15, 0.2) is 0 Å². The van der Waals surface area contributed by atoms with Gasteiger partial charge in [-0.05, 0) is 18.9 Å². The van der Waals surface area contributed by atoms with E-state index >= 15 is 0 Å². The van der Waals surface area contributed by atoms with Gasteiger partial charge in [0.25, 0.3) is 0 Å². The Balaban J connectivity index is 1.90. The van der Waals surface area contributed by atoms with Crippen LogP contribution in [0.4, 0.5) is 0 Å². The molecule has 0 spiro atoms. The zero-order chi connectivity index (χ0) is 15.2. The molecule has 5 heteroatoms. The first-order valence-electron chi connectivity index (χ1n) is 7.14. The molecule has 1 unspecified atom stereocenters. The lowest BCUT2D eigenvalue weighted by molar-refractivity contribution is -0.122. The molecular formula is C16H20ClN3O. The lowest BCUT2D eigenvalue weighted by Gasteiger charge is -2.17. The third kappa shape index (κ3) is 4.08. The summed E-state index contributed by atoms with van der Waals surface area (Å²) in [6, 6.07) is 10.1. The van der Waals surface area contributed by atoms with E-state index in [0.29, 0.717) is 18.0 Å². The van der Waals surface area contributed by atoms with Gasteiger partial charge in [0, 0.05) is 6.42 Å². The van der Waals surface area contributed by atoms with E-state index in [0.717, 1.165) is 17.7 Å². The number of nitrogens with one attached hydrogen (secondary N) is 1. The second kappa shape index (κ2) is 7.27. The number of nitrogens with zero attached hydrogens (tertiary/aromatic N) is 2. The molecule has 2 aromatic rings. The molecule has 0 fully saturated rings. The van der Waals surface area contributed by atoms with Crippen LogP contribution in [-0.2, 0) is 11.3 Å². The molecule has 2 rings (SSSR count). The molecule has 0 saturated heterocycles. The summed E-state index contributed by atoms with van der Waals surface area (Å²) in [5.41, 5.74) is 2.02. The molecule has 21 heavy (non-hydrogen) atoms. The van der Waals surface area contributed by atoms with E-state index in [2.05, 4.69) is 17.3 Å². The first-order valence-corrected chi connectivity index (χ1v) is 7.51. The third-order valence-electron chi connectivity index (χ3n) is 3.54. The monoisotopic (exact) mass is 305 g/mol. The van der Waals surface area contributed by atoms with Crippen LogP contribution in [0.15, 0.2) is 36.5 Å². The Labute approximate surface area is 130 Å². The average molecular weight is 306 g/mol. The highest BCUT2D eigenvalue weighted by Crippen LogP contribution is 2.16. The maximum Gasteiger partial charge on any atom is 0.222 e. The summed E-state index contributed by atoms with van der Waals surface area (Å²) >= 11 is 5.95. The predicted octanol–water partition coefficient (Wildman–Crippen LogP) is 3.50. The van der Waals surface area contributed by atoms with Crippen LogP contribution in [-0.4, -0.2) is 15.7 Å². The number of amides is 1. The van der Waals surface area contributed by atoms with Crippen LogP contribution in [0.2, 0.25) is 5.02 Å². The molecule has 0 aliphatic heterocycles. The van der Waals surface area contributed by atoms with Crippen LogP contribution in [0.3, 0.4) is 0 Å². The first kappa shape index (κ1) is 15.6.